The zero-order valence-corrected chi connectivity index (χ0v) is 26.4. The predicted octanol–water partition coefficient (Wildman–Crippen LogP) is 7.59. The number of rotatable bonds is 9. The van der Waals surface area contributed by atoms with Crippen molar-refractivity contribution in [3.05, 3.63) is 144 Å². The van der Waals surface area contributed by atoms with Crippen molar-refractivity contribution in [3.8, 4) is 0 Å². The SMILES string of the molecule is C=C[Si](C)(C)O[Si](C)(C=C)C=C1N(C)C(c2ccccc2)=C(c2ccccc2)N1Cc1ccccc1.[Pt]. The number of hydrogen-bond acceptors (Lipinski definition) is 3. The molecule has 0 amide bonds. The molecule has 0 radical (unpaired) electrons. The van der Waals surface area contributed by atoms with Gasteiger partial charge in [-0.3, -0.25) is 0 Å². The summed E-state index contributed by atoms with van der Waals surface area (Å²) in [5.74, 6) is 1.12. The second-order valence-corrected chi connectivity index (χ2v) is 17.4. The Balaban J connectivity index is 0.00000380. The van der Waals surface area contributed by atoms with Gasteiger partial charge in [0.05, 0.1) is 11.4 Å². The van der Waals surface area contributed by atoms with Gasteiger partial charge in [0.1, 0.15) is 5.82 Å². The maximum atomic E-state index is 6.81. The van der Waals surface area contributed by atoms with E-state index in [0.29, 0.717) is 0 Å². The molecule has 1 aliphatic rings. The van der Waals surface area contributed by atoms with E-state index in [1.54, 1.807) is 0 Å². The Morgan fingerprint density at radius 2 is 1.22 bits per heavy atom. The summed E-state index contributed by atoms with van der Waals surface area (Å²) in [6, 6.07) is 32.0. The maximum Gasteiger partial charge on any atom is 0.230 e. The minimum absolute atomic E-state index is 0. The van der Waals surface area contributed by atoms with E-state index < -0.39 is 16.6 Å². The van der Waals surface area contributed by atoms with E-state index in [0.717, 1.165) is 12.4 Å². The Kier molecular flexibility index (Phi) is 9.54. The molecule has 6 heteroatoms. The molecule has 1 unspecified atom stereocenters. The third kappa shape index (κ3) is 6.60. The third-order valence-corrected chi connectivity index (χ3v) is 13.0. The van der Waals surface area contributed by atoms with Crippen LogP contribution in [-0.2, 0) is 31.7 Å². The van der Waals surface area contributed by atoms with Gasteiger partial charge in [-0.25, -0.2) is 0 Å². The van der Waals surface area contributed by atoms with Crippen LogP contribution in [0.3, 0.4) is 0 Å². The molecule has 0 saturated heterocycles. The molecule has 0 N–H and O–H groups in total. The van der Waals surface area contributed by atoms with Gasteiger partial charge in [0.15, 0.2) is 8.32 Å². The normalized spacial score (nSPS) is 16.4. The van der Waals surface area contributed by atoms with Gasteiger partial charge in [-0.05, 0) is 30.9 Å². The average molecular weight is 704 g/mol. The van der Waals surface area contributed by atoms with Crippen molar-refractivity contribution in [2.24, 2.45) is 0 Å². The number of nitrogens with zero attached hydrogens (tertiary/aromatic N) is 2. The molecule has 1 heterocycles. The van der Waals surface area contributed by atoms with Gasteiger partial charge in [0.25, 0.3) is 0 Å². The smallest absolute Gasteiger partial charge is 0.230 e. The van der Waals surface area contributed by atoms with E-state index in [9.17, 15) is 0 Å². The molecule has 0 aromatic heterocycles. The minimum Gasteiger partial charge on any atom is -0.446 e. The maximum absolute atomic E-state index is 6.81. The molecule has 0 saturated carbocycles. The molecule has 0 aliphatic carbocycles. The van der Waals surface area contributed by atoms with Crippen molar-refractivity contribution < 1.29 is 25.2 Å². The molecule has 194 valence electrons. The summed E-state index contributed by atoms with van der Waals surface area (Å²) in [5, 5.41) is 0. The monoisotopic (exact) mass is 703 g/mol. The molecule has 3 aromatic carbocycles. The van der Waals surface area contributed by atoms with Crippen molar-refractivity contribution in [2.75, 3.05) is 7.05 Å². The zero-order valence-electron chi connectivity index (χ0n) is 22.1. The van der Waals surface area contributed by atoms with Crippen LogP contribution < -0.4 is 0 Å². The van der Waals surface area contributed by atoms with Crippen molar-refractivity contribution in [1.82, 2.24) is 9.80 Å². The van der Waals surface area contributed by atoms with Crippen LogP contribution >= 0.6 is 0 Å². The van der Waals surface area contributed by atoms with Crippen molar-refractivity contribution >= 4 is 28.0 Å². The predicted molar refractivity (Wildman–Crippen MR) is 158 cm³/mol. The van der Waals surface area contributed by atoms with Crippen molar-refractivity contribution in [3.63, 3.8) is 0 Å². The van der Waals surface area contributed by atoms with Crippen LogP contribution in [0.25, 0.3) is 11.4 Å². The van der Waals surface area contributed by atoms with Crippen molar-refractivity contribution in [1.29, 1.82) is 0 Å². The second kappa shape index (κ2) is 12.2. The largest absolute Gasteiger partial charge is 0.446 e. The van der Waals surface area contributed by atoms with Gasteiger partial charge in [0, 0.05) is 45.8 Å². The Hall–Kier alpha value is -2.70. The van der Waals surface area contributed by atoms with Crippen LogP contribution in [0.15, 0.2) is 127 Å². The summed E-state index contributed by atoms with van der Waals surface area (Å²) in [6.45, 7) is 15.6. The summed E-state index contributed by atoms with van der Waals surface area (Å²) in [5.41, 5.74) is 12.4. The van der Waals surface area contributed by atoms with Crippen LogP contribution in [0.5, 0.6) is 0 Å². The molecule has 4 rings (SSSR count). The molecule has 37 heavy (non-hydrogen) atoms. The topological polar surface area (TPSA) is 15.7 Å². The van der Waals surface area contributed by atoms with Crippen molar-refractivity contribution in [2.45, 2.75) is 26.2 Å². The summed E-state index contributed by atoms with van der Waals surface area (Å²) in [4.78, 5) is 4.76. The molecule has 0 fully saturated rings. The van der Waals surface area contributed by atoms with Gasteiger partial charge >= 0.3 is 0 Å². The summed E-state index contributed by atoms with van der Waals surface area (Å²) >= 11 is 0. The van der Waals surface area contributed by atoms with Gasteiger partial charge < -0.3 is 13.9 Å². The van der Waals surface area contributed by atoms with E-state index in [1.165, 1.54) is 28.1 Å². The van der Waals surface area contributed by atoms with E-state index in [4.69, 9.17) is 4.12 Å². The molecule has 3 nitrogen and oxygen atoms in total. The Bertz CT molecular complexity index is 1280. The minimum atomic E-state index is -2.42. The first-order valence-electron chi connectivity index (χ1n) is 12.4. The first kappa shape index (κ1) is 28.9. The standard InChI is InChI=1S/C31H36N2OSi2.Pt/c1-7-35(4,5)34-36(6,8-2)25-29-32(3)30(27-20-14-10-15-21-27)31(28-22-16-11-17-23-28)33(29)24-26-18-12-9-13-19-26;/h7-23,25H,1-2,24H2,3-6H3;. The average Bonchev–Trinajstić information content (AvgIpc) is 3.16. The Morgan fingerprint density at radius 3 is 1.70 bits per heavy atom. The van der Waals surface area contributed by atoms with E-state index >= 15 is 0 Å². The summed E-state index contributed by atoms with van der Waals surface area (Å²) in [7, 11) is -2.29. The number of benzene rings is 3. The van der Waals surface area contributed by atoms with Crippen LogP contribution in [0, 0.1) is 0 Å². The molecular weight excluding hydrogens is 668 g/mol. The van der Waals surface area contributed by atoms with Crippen LogP contribution in [0.2, 0.25) is 19.6 Å². The fourth-order valence-corrected chi connectivity index (χ4v) is 11.0. The van der Waals surface area contributed by atoms with E-state index in [-0.39, 0.29) is 21.1 Å². The van der Waals surface area contributed by atoms with E-state index in [2.05, 4.69) is 146 Å². The Labute approximate surface area is 239 Å². The fourth-order valence-electron chi connectivity index (χ4n) is 4.61. The molecule has 0 bridgehead atoms. The summed E-state index contributed by atoms with van der Waals surface area (Å²) in [6.07, 6.45) is 0. The molecule has 1 aliphatic heterocycles. The summed E-state index contributed by atoms with van der Waals surface area (Å²) < 4.78 is 6.81. The van der Waals surface area contributed by atoms with Crippen LogP contribution in [0.4, 0.5) is 0 Å². The van der Waals surface area contributed by atoms with E-state index in [1.807, 2.05) is 11.4 Å². The van der Waals surface area contributed by atoms with Crippen LogP contribution in [-0.4, -0.2) is 33.5 Å². The second-order valence-electron chi connectivity index (χ2n) is 9.86. The quantitative estimate of drug-likeness (QED) is 0.214. The van der Waals surface area contributed by atoms with Crippen LogP contribution in [0.1, 0.15) is 16.7 Å². The van der Waals surface area contributed by atoms with Gasteiger partial charge in [0.2, 0.25) is 8.32 Å². The molecule has 1 atom stereocenters. The van der Waals surface area contributed by atoms with Gasteiger partial charge in [-0.2, -0.15) is 0 Å². The molecule has 0 spiro atoms. The zero-order chi connectivity index (χ0) is 25.8. The molecular formula is C31H36N2OPtSi2. The first-order valence-corrected chi connectivity index (χ1v) is 17.9. The Morgan fingerprint density at radius 1 is 0.730 bits per heavy atom. The first-order chi connectivity index (χ1) is 17.3. The van der Waals surface area contributed by atoms with Gasteiger partial charge in [-0.15, -0.1) is 13.2 Å². The fraction of sp³-hybridized carbons (Fsp3) is 0.161. The third-order valence-electron chi connectivity index (χ3n) is 6.52. The van der Waals surface area contributed by atoms with Gasteiger partial charge in [-0.1, -0.05) is 102 Å². The molecule has 3 aromatic rings. The number of hydrogen-bond donors (Lipinski definition) is 0.